The smallest absolute Gasteiger partial charge is 0.0452 e. The Labute approximate surface area is 116 Å². The van der Waals surface area contributed by atoms with Crippen LogP contribution in [0.2, 0.25) is 10.0 Å². The van der Waals surface area contributed by atoms with Gasteiger partial charge < -0.3 is 0 Å². The van der Waals surface area contributed by atoms with Crippen molar-refractivity contribution < 1.29 is 0 Å². The number of hydrogen-bond acceptors (Lipinski definition) is 0. The summed E-state index contributed by atoms with van der Waals surface area (Å²) in [6.45, 7) is 4.45. The van der Waals surface area contributed by atoms with E-state index in [0.29, 0.717) is 10.7 Å². The molecule has 0 bridgehead atoms. The third kappa shape index (κ3) is 4.27. The normalized spacial score (nSPS) is 13.1. The highest BCUT2D eigenvalue weighted by Crippen LogP contribution is 2.27. The van der Waals surface area contributed by atoms with Gasteiger partial charge in [0.1, 0.15) is 0 Å². The fourth-order valence-electron chi connectivity index (χ4n) is 1.58. The van der Waals surface area contributed by atoms with Gasteiger partial charge in [0, 0.05) is 14.9 Å². The van der Waals surface area contributed by atoms with Gasteiger partial charge in [-0.2, -0.15) is 0 Å². The monoisotopic (exact) mass is 322 g/mol. The average Bonchev–Trinajstić information content (AvgIpc) is 2.22. The minimum absolute atomic E-state index is 0.578. The minimum atomic E-state index is 0.578. The van der Waals surface area contributed by atoms with Gasteiger partial charge in [-0.1, -0.05) is 59.0 Å². The zero-order valence-corrected chi connectivity index (χ0v) is 12.7. The lowest BCUT2D eigenvalue weighted by atomic mass is 10.0. The van der Waals surface area contributed by atoms with Crippen molar-refractivity contribution in [2.75, 3.05) is 0 Å². The largest absolute Gasteiger partial charge is 0.0888 e. The van der Waals surface area contributed by atoms with Crippen LogP contribution in [-0.4, -0.2) is 4.83 Å². The summed E-state index contributed by atoms with van der Waals surface area (Å²) in [5.41, 5.74) is 1.08. The van der Waals surface area contributed by atoms with E-state index in [4.69, 9.17) is 23.2 Å². The molecule has 0 saturated carbocycles. The Morgan fingerprint density at radius 3 is 2.25 bits per heavy atom. The first kappa shape index (κ1) is 14.3. The topological polar surface area (TPSA) is 0 Å². The molecule has 16 heavy (non-hydrogen) atoms. The first-order valence-corrected chi connectivity index (χ1v) is 7.26. The molecule has 0 saturated heterocycles. The van der Waals surface area contributed by atoms with Gasteiger partial charge in [-0.05, 0) is 42.9 Å². The van der Waals surface area contributed by atoms with E-state index >= 15 is 0 Å². The van der Waals surface area contributed by atoms with Crippen molar-refractivity contribution in [2.24, 2.45) is 5.92 Å². The lowest BCUT2D eigenvalue weighted by molar-refractivity contribution is 0.562. The molecular formula is C13H17BrCl2. The third-order valence-corrected chi connectivity index (χ3v) is 4.92. The van der Waals surface area contributed by atoms with Crippen LogP contribution >= 0.6 is 39.1 Å². The molecule has 0 fully saturated rings. The van der Waals surface area contributed by atoms with Gasteiger partial charge in [0.25, 0.3) is 0 Å². The highest BCUT2D eigenvalue weighted by Gasteiger charge is 2.10. The molecule has 0 aliphatic rings. The third-order valence-electron chi connectivity index (χ3n) is 2.69. The van der Waals surface area contributed by atoms with E-state index in [2.05, 4.69) is 29.8 Å². The second-order valence-corrected chi connectivity index (χ2v) is 6.34. The van der Waals surface area contributed by atoms with Gasteiger partial charge in [0.15, 0.2) is 0 Å². The van der Waals surface area contributed by atoms with Crippen molar-refractivity contribution in [3.63, 3.8) is 0 Å². The molecular weight excluding hydrogens is 307 g/mol. The maximum atomic E-state index is 6.11. The molecule has 0 aliphatic carbocycles. The van der Waals surface area contributed by atoms with Gasteiger partial charge in [-0.25, -0.2) is 0 Å². The lowest BCUT2D eigenvalue weighted by Crippen LogP contribution is -2.07. The van der Waals surface area contributed by atoms with Crippen molar-refractivity contribution in [1.29, 1.82) is 0 Å². The van der Waals surface area contributed by atoms with Gasteiger partial charge in [-0.3, -0.25) is 0 Å². The van der Waals surface area contributed by atoms with Crippen LogP contribution in [0.3, 0.4) is 0 Å². The van der Waals surface area contributed by atoms with Crippen LogP contribution in [-0.2, 0) is 6.42 Å². The average molecular weight is 324 g/mol. The SMILES string of the molecule is CC(C)C(Br)CCCc1c(Cl)cccc1Cl. The van der Waals surface area contributed by atoms with Crippen molar-refractivity contribution in [3.05, 3.63) is 33.8 Å². The first-order chi connectivity index (χ1) is 7.52. The molecule has 90 valence electrons. The van der Waals surface area contributed by atoms with Crippen molar-refractivity contribution in [3.8, 4) is 0 Å². The molecule has 1 atom stereocenters. The molecule has 0 aliphatic heterocycles. The minimum Gasteiger partial charge on any atom is -0.0888 e. The van der Waals surface area contributed by atoms with Crippen molar-refractivity contribution >= 4 is 39.1 Å². The Balaban J connectivity index is 2.49. The van der Waals surface area contributed by atoms with E-state index in [-0.39, 0.29) is 0 Å². The Morgan fingerprint density at radius 1 is 1.19 bits per heavy atom. The summed E-state index contributed by atoms with van der Waals surface area (Å²) >= 11 is 15.9. The summed E-state index contributed by atoms with van der Waals surface area (Å²) in [4.78, 5) is 0.578. The van der Waals surface area contributed by atoms with Crippen molar-refractivity contribution in [2.45, 2.75) is 37.9 Å². The highest BCUT2D eigenvalue weighted by atomic mass is 79.9. The predicted octanol–water partition coefficient (Wildman–Crippen LogP) is 5.74. The number of halogens is 3. The molecule has 0 amide bonds. The summed E-state index contributed by atoms with van der Waals surface area (Å²) in [7, 11) is 0. The molecule has 1 rings (SSSR count). The molecule has 0 heterocycles. The Hall–Kier alpha value is 0.280. The fraction of sp³-hybridized carbons (Fsp3) is 0.538. The van der Waals surface area contributed by atoms with Crippen LogP contribution in [0.15, 0.2) is 18.2 Å². The Kier molecular flexibility index (Phi) is 6.17. The van der Waals surface area contributed by atoms with Crippen LogP contribution in [0.1, 0.15) is 32.3 Å². The number of rotatable bonds is 5. The molecule has 0 N–H and O–H groups in total. The molecule has 0 spiro atoms. The zero-order chi connectivity index (χ0) is 12.1. The summed E-state index contributed by atoms with van der Waals surface area (Å²) < 4.78 is 0. The second-order valence-electron chi connectivity index (χ2n) is 4.35. The summed E-state index contributed by atoms with van der Waals surface area (Å²) in [5.74, 6) is 0.668. The van der Waals surface area contributed by atoms with Crippen molar-refractivity contribution in [1.82, 2.24) is 0 Å². The van der Waals surface area contributed by atoms with Gasteiger partial charge in [0.05, 0.1) is 0 Å². The van der Waals surface area contributed by atoms with E-state index in [9.17, 15) is 0 Å². The summed E-state index contributed by atoms with van der Waals surface area (Å²) in [5, 5.41) is 1.56. The quantitative estimate of drug-likeness (QED) is 0.606. The van der Waals surface area contributed by atoms with E-state index in [1.807, 2.05) is 18.2 Å². The van der Waals surface area contributed by atoms with Crippen LogP contribution < -0.4 is 0 Å². The van der Waals surface area contributed by atoms with Gasteiger partial charge in [0.2, 0.25) is 0 Å². The van der Waals surface area contributed by atoms with Crippen LogP contribution in [0, 0.1) is 5.92 Å². The summed E-state index contributed by atoms with van der Waals surface area (Å²) in [6.07, 6.45) is 3.21. The fourth-order valence-corrected chi connectivity index (χ4v) is 2.49. The van der Waals surface area contributed by atoms with Crippen LogP contribution in [0.5, 0.6) is 0 Å². The van der Waals surface area contributed by atoms with Gasteiger partial charge in [-0.15, -0.1) is 0 Å². The maximum Gasteiger partial charge on any atom is 0.0452 e. The molecule has 0 nitrogen and oxygen atoms in total. The molecule has 3 heteroatoms. The van der Waals surface area contributed by atoms with Crippen LogP contribution in [0.25, 0.3) is 0 Å². The molecule has 1 aromatic carbocycles. The summed E-state index contributed by atoms with van der Waals surface area (Å²) in [6, 6.07) is 5.68. The Morgan fingerprint density at radius 2 is 1.75 bits per heavy atom. The number of benzene rings is 1. The van der Waals surface area contributed by atoms with E-state index < -0.39 is 0 Å². The van der Waals surface area contributed by atoms with Gasteiger partial charge >= 0.3 is 0 Å². The Bertz CT molecular complexity index is 316. The van der Waals surface area contributed by atoms with E-state index in [0.717, 1.165) is 34.9 Å². The number of alkyl halides is 1. The molecule has 1 aromatic rings. The lowest BCUT2D eigenvalue weighted by Gasteiger charge is -2.13. The molecule has 0 aromatic heterocycles. The van der Waals surface area contributed by atoms with E-state index in [1.54, 1.807) is 0 Å². The molecule has 1 unspecified atom stereocenters. The van der Waals surface area contributed by atoms with Crippen LogP contribution in [0.4, 0.5) is 0 Å². The first-order valence-electron chi connectivity index (χ1n) is 5.59. The zero-order valence-electron chi connectivity index (χ0n) is 9.64. The predicted molar refractivity (Wildman–Crippen MR) is 77.0 cm³/mol. The highest BCUT2D eigenvalue weighted by molar-refractivity contribution is 9.09. The second kappa shape index (κ2) is 6.88. The van der Waals surface area contributed by atoms with E-state index in [1.165, 1.54) is 0 Å². The number of hydrogen-bond donors (Lipinski definition) is 0. The molecule has 0 radical (unpaired) electrons. The standard InChI is InChI=1S/C13H17BrCl2/c1-9(2)11(14)6-3-5-10-12(15)7-4-8-13(10)16/h4,7-9,11H,3,5-6H2,1-2H3. The maximum absolute atomic E-state index is 6.11.